The molecule has 17 heavy (non-hydrogen) atoms. The summed E-state index contributed by atoms with van der Waals surface area (Å²) in [6.45, 7) is 1.01. The van der Waals surface area contributed by atoms with Crippen molar-refractivity contribution in [1.82, 2.24) is 10.6 Å². The van der Waals surface area contributed by atoms with Crippen LogP contribution in [0.15, 0.2) is 0 Å². The Labute approximate surface area is 97.7 Å². The number of carbonyl (C=O) groups excluding carboxylic acids is 1. The van der Waals surface area contributed by atoms with Gasteiger partial charge in [-0.1, -0.05) is 0 Å². The second-order valence-electron chi connectivity index (χ2n) is 4.18. The van der Waals surface area contributed by atoms with Gasteiger partial charge >= 0.3 is 12.2 Å². The number of halogens is 3. The molecule has 102 valence electrons. The Balaban J connectivity index is 4.19. The molecule has 2 amide bonds. The molecular weight excluding hydrogens is 261 g/mol. The standard InChI is InChI=1S/C8H15F3N2O3S/c1-7(2,17(3,15)16)4-12-6(14)13-5-8(9,10)11/h4-5H2,1-3H3,(H2,12,13,14). The van der Waals surface area contributed by atoms with Crippen LogP contribution in [0.5, 0.6) is 0 Å². The molecule has 0 saturated heterocycles. The topological polar surface area (TPSA) is 75.3 Å². The van der Waals surface area contributed by atoms with Crippen molar-refractivity contribution in [3.63, 3.8) is 0 Å². The van der Waals surface area contributed by atoms with Crippen LogP contribution in [0.3, 0.4) is 0 Å². The Morgan fingerprint density at radius 1 is 1.12 bits per heavy atom. The summed E-state index contributed by atoms with van der Waals surface area (Å²) in [6.07, 6.45) is -3.51. The molecule has 0 aromatic rings. The fraction of sp³-hybridized carbons (Fsp3) is 0.875. The molecule has 0 heterocycles. The van der Waals surface area contributed by atoms with Crippen molar-refractivity contribution in [2.45, 2.75) is 24.8 Å². The van der Waals surface area contributed by atoms with Crippen LogP contribution in [0.4, 0.5) is 18.0 Å². The van der Waals surface area contributed by atoms with Gasteiger partial charge in [-0.15, -0.1) is 0 Å². The zero-order valence-electron chi connectivity index (χ0n) is 9.68. The van der Waals surface area contributed by atoms with Crippen LogP contribution in [-0.4, -0.2) is 44.7 Å². The maximum atomic E-state index is 11.7. The van der Waals surface area contributed by atoms with E-state index in [1.54, 1.807) is 5.32 Å². The first-order valence-electron chi connectivity index (χ1n) is 4.63. The van der Waals surface area contributed by atoms with Gasteiger partial charge in [0, 0.05) is 12.8 Å². The molecule has 0 spiro atoms. The zero-order chi connectivity index (χ0) is 13.9. The molecule has 0 saturated carbocycles. The van der Waals surface area contributed by atoms with Crippen LogP contribution in [0.2, 0.25) is 0 Å². The highest BCUT2D eigenvalue weighted by Crippen LogP contribution is 2.14. The van der Waals surface area contributed by atoms with Gasteiger partial charge in [-0.2, -0.15) is 13.2 Å². The van der Waals surface area contributed by atoms with E-state index in [1.807, 2.05) is 0 Å². The number of sulfone groups is 1. The first-order valence-corrected chi connectivity index (χ1v) is 6.52. The van der Waals surface area contributed by atoms with E-state index in [9.17, 15) is 26.4 Å². The molecule has 0 atom stereocenters. The molecule has 0 unspecified atom stereocenters. The van der Waals surface area contributed by atoms with Crippen LogP contribution < -0.4 is 10.6 Å². The number of rotatable bonds is 4. The Bertz CT molecular complexity index is 376. The highest BCUT2D eigenvalue weighted by atomic mass is 32.2. The predicted molar refractivity (Wildman–Crippen MR) is 56.4 cm³/mol. The summed E-state index contributed by atoms with van der Waals surface area (Å²) in [5.41, 5.74) is 0. The smallest absolute Gasteiger partial charge is 0.337 e. The van der Waals surface area contributed by atoms with Crippen LogP contribution in [0.1, 0.15) is 13.8 Å². The molecule has 0 aliphatic heterocycles. The van der Waals surface area contributed by atoms with Gasteiger partial charge in [0.1, 0.15) is 6.54 Å². The summed E-state index contributed by atoms with van der Waals surface area (Å²) >= 11 is 0. The average Bonchev–Trinajstić information content (AvgIpc) is 2.08. The molecule has 0 bridgehead atoms. The van der Waals surface area contributed by atoms with Crippen molar-refractivity contribution < 1.29 is 26.4 Å². The minimum Gasteiger partial charge on any atom is -0.337 e. The molecule has 9 heteroatoms. The summed E-state index contributed by atoms with van der Waals surface area (Å²) in [5, 5.41) is 3.65. The van der Waals surface area contributed by atoms with E-state index in [0.717, 1.165) is 6.26 Å². The number of hydrogen-bond acceptors (Lipinski definition) is 3. The van der Waals surface area contributed by atoms with Crippen LogP contribution in [-0.2, 0) is 9.84 Å². The third kappa shape index (κ3) is 6.35. The maximum Gasteiger partial charge on any atom is 0.405 e. The maximum absolute atomic E-state index is 11.7. The Morgan fingerprint density at radius 2 is 1.53 bits per heavy atom. The molecule has 0 rings (SSSR count). The summed E-state index contributed by atoms with van der Waals surface area (Å²) in [6, 6.07) is -1.06. The first kappa shape index (κ1) is 16.0. The van der Waals surface area contributed by atoms with Crippen LogP contribution in [0, 0.1) is 0 Å². The van der Waals surface area contributed by atoms with E-state index in [2.05, 4.69) is 5.32 Å². The van der Waals surface area contributed by atoms with E-state index in [1.165, 1.54) is 13.8 Å². The van der Waals surface area contributed by atoms with Gasteiger partial charge in [-0.3, -0.25) is 0 Å². The fourth-order valence-corrected chi connectivity index (χ4v) is 1.00. The highest BCUT2D eigenvalue weighted by molar-refractivity contribution is 7.92. The molecule has 0 aliphatic rings. The van der Waals surface area contributed by atoms with Crippen LogP contribution >= 0.6 is 0 Å². The third-order valence-electron chi connectivity index (χ3n) is 2.13. The lowest BCUT2D eigenvalue weighted by atomic mass is 10.2. The van der Waals surface area contributed by atoms with Gasteiger partial charge < -0.3 is 10.6 Å². The van der Waals surface area contributed by atoms with Crippen molar-refractivity contribution in [1.29, 1.82) is 0 Å². The van der Waals surface area contributed by atoms with E-state index in [0.29, 0.717) is 0 Å². The van der Waals surface area contributed by atoms with Gasteiger partial charge in [0.05, 0.1) is 4.75 Å². The number of urea groups is 1. The number of nitrogens with one attached hydrogen (secondary N) is 2. The first-order chi connectivity index (χ1) is 7.35. The van der Waals surface area contributed by atoms with Gasteiger partial charge in [-0.05, 0) is 13.8 Å². The second kappa shape index (κ2) is 5.11. The molecule has 0 fully saturated rings. The number of hydrogen-bond donors (Lipinski definition) is 2. The average molecular weight is 276 g/mol. The second-order valence-corrected chi connectivity index (χ2v) is 6.83. The monoisotopic (exact) mass is 276 g/mol. The minimum absolute atomic E-state index is 0.268. The van der Waals surface area contributed by atoms with E-state index >= 15 is 0 Å². The van der Waals surface area contributed by atoms with E-state index < -0.39 is 33.3 Å². The molecule has 0 aliphatic carbocycles. The zero-order valence-corrected chi connectivity index (χ0v) is 10.5. The molecular formula is C8H15F3N2O3S. The van der Waals surface area contributed by atoms with Crippen molar-refractivity contribution >= 4 is 15.9 Å². The largest absolute Gasteiger partial charge is 0.405 e. The minimum atomic E-state index is -4.50. The van der Waals surface area contributed by atoms with Crippen molar-refractivity contribution in [2.75, 3.05) is 19.3 Å². The summed E-state index contributed by atoms with van der Waals surface area (Å²) in [4.78, 5) is 10.9. The summed E-state index contributed by atoms with van der Waals surface area (Å²) in [7, 11) is -3.41. The Kier molecular flexibility index (Phi) is 4.81. The third-order valence-corrected chi connectivity index (χ3v) is 4.28. The van der Waals surface area contributed by atoms with Crippen LogP contribution in [0.25, 0.3) is 0 Å². The summed E-state index contributed by atoms with van der Waals surface area (Å²) < 4.78 is 56.5. The van der Waals surface area contributed by atoms with Crippen molar-refractivity contribution in [2.24, 2.45) is 0 Å². The normalized spacial score (nSPS) is 13.3. The van der Waals surface area contributed by atoms with E-state index in [-0.39, 0.29) is 6.54 Å². The van der Waals surface area contributed by atoms with Crippen molar-refractivity contribution in [3.8, 4) is 0 Å². The van der Waals surface area contributed by atoms with Gasteiger partial charge in [0.2, 0.25) is 0 Å². The number of amides is 2. The van der Waals surface area contributed by atoms with Gasteiger partial charge in [-0.25, -0.2) is 13.2 Å². The fourth-order valence-electron chi connectivity index (χ4n) is 0.667. The molecule has 2 N–H and O–H groups in total. The van der Waals surface area contributed by atoms with Gasteiger partial charge in [0.25, 0.3) is 0 Å². The Hall–Kier alpha value is -0.990. The summed E-state index contributed by atoms with van der Waals surface area (Å²) in [5.74, 6) is 0. The van der Waals surface area contributed by atoms with Crippen molar-refractivity contribution in [3.05, 3.63) is 0 Å². The quantitative estimate of drug-likeness (QED) is 0.792. The highest BCUT2D eigenvalue weighted by Gasteiger charge is 2.31. The van der Waals surface area contributed by atoms with E-state index in [4.69, 9.17) is 0 Å². The predicted octanol–water partition coefficient (Wildman–Crippen LogP) is 0.671. The lowest BCUT2D eigenvalue weighted by Gasteiger charge is -2.22. The Morgan fingerprint density at radius 3 is 1.88 bits per heavy atom. The molecule has 0 aromatic carbocycles. The number of carbonyl (C=O) groups is 1. The van der Waals surface area contributed by atoms with Gasteiger partial charge in [0.15, 0.2) is 9.84 Å². The SMILES string of the molecule is CC(C)(CNC(=O)NCC(F)(F)F)S(C)(=O)=O. The lowest BCUT2D eigenvalue weighted by molar-refractivity contribution is -0.122. The lowest BCUT2D eigenvalue weighted by Crippen LogP contribution is -2.48. The number of alkyl halides is 3. The molecule has 0 aromatic heterocycles. The molecule has 5 nitrogen and oxygen atoms in total. The molecule has 0 radical (unpaired) electrons.